The number of rotatable bonds is 9. The number of aromatic amines is 1. The summed E-state index contributed by atoms with van der Waals surface area (Å²) < 4.78 is 5.62. The normalized spacial score (nSPS) is 14.7. The standard InChI is InChI=1S/C20H28N6O3/c1-4-29-25-16-8-5-7-15-18(16)19(24-23-15)20(27)22-14-9-10-17(21-13-14)28-12-6-11-26(2)3/h9-10,13H,4-8,11-12H2,1-3H3,(H,22,27)(H,23,24)/b25-16+. The number of carbonyl (C=O) groups excluding carboxylic acids is 1. The van der Waals surface area contributed by atoms with Crippen LogP contribution in [0, 0.1) is 0 Å². The maximum absolute atomic E-state index is 12.8. The second kappa shape index (κ2) is 10.0. The van der Waals surface area contributed by atoms with Crippen molar-refractivity contribution in [3.63, 3.8) is 0 Å². The van der Waals surface area contributed by atoms with Crippen molar-refractivity contribution in [1.29, 1.82) is 0 Å². The van der Waals surface area contributed by atoms with Crippen molar-refractivity contribution < 1.29 is 14.4 Å². The van der Waals surface area contributed by atoms with Crippen LogP contribution in [0.1, 0.15) is 47.9 Å². The van der Waals surface area contributed by atoms with Crippen LogP contribution in [0.4, 0.5) is 5.69 Å². The molecule has 9 heteroatoms. The molecule has 156 valence electrons. The van der Waals surface area contributed by atoms with E-state index >= 15 is 0 Å². The predicted octanol–water partition coefficient (Wildman–Crippen LogP) is 2.46. The van der Waals surface area contributed by atoms with Crippen LogP contribution in [-0.2, 0) is 11.3 Å². The zero-order valence-electron chi connectivity index (χ0n) is 17.2. The molecule has 0 aromatic carbocycles. The minimum atomic E-state index is -0.310. The van der Waals surface area contributed by atoms with Crippen LogP contribution >= 0.6 is 0 Å². The van der Waals surface area contributed by atoms with Gasteiger partial charge >= 0.3 is 0 Å². The van der Waals surface area contributed by atoms with Crippen molar-refractivity contribution in [3.05, 3.63) is 35.3 Å². The average molecular weight is 400 g/mol. The Bertz CT molecular complexity index is 844. The van der Waals surface area contributed by atoms with E-state index in [2.05, 4.69) is 30.6 Å². The molecule has 1 amide bonds. The summed E-state index contributed by atoms with van der Waals surface area (Å²) in [4.78, 5) is 24.3. The van der Waals surface area contributed by atoms with Gasteiger partial charge in [-0.15, -0.1) is 0 Å². The van der Waals surface area contributed by atoms with Gasteiger partial charge in [0, 0.05) is 18.3 Å². The molecule has 2 heterocycles. The molecule has 0 saturated heterocycles. The number of pyridine rings is 1. The van der Waals surface area contributed by atoms with E-state index in [1.54, 1.807) is 18.3 Å². The predicted molar refractivity (Wildman–Crippen MR) is 111 cm³/mol. The molecule has 0 saturated carbocycles. The van der Waals surface area contributed by atoms with Crippen LogP contribution in [0.25, 0.3) is 0 Å². The number of nitrogens with one attached hydrogen (secondary N) is 2. The van der Waals surface area contributed by atoms with Gasteiger partial charge in [0.25, 0.3) is 5.91 Å². The van der Waals surface area contributed by atoms with Crippen molar-refractivity contribution in [2.45, 2.75) is 32.6 Å². The summed E-state index contributed by atoms with van der Waals surface area (Å²) >= 11 is 0. The van der Waals surface area contributed by atoms with Crippen molar-refractivity contribution in [2.75, 3.05) is 39.2 Å². The summed E-state index contributed by atoms with van der Waals surface area (Å²) in [6.07, 6.45) is 5.04. The second-order valence-corrected chi connectivity index (χ2v) is 7.08. The highest BCUT2D eigenvalue weighted by atomic mass is 16.6. The van der Waals surface area contributed by atoms with Crippen molar-refractivity contribution in [1.82, 2.24) is 20.1 Å². The van der Waals surface area contributed by atoms with Gasteiger partial charge < -0.3 is 19.8 Å². The van der Waals surface area contributed by atoms with Gasteiger partial charge in [-0.2, -0.15) is 5.10 Å². The fourth-order valence-electron chi connectivity index (χ4n) is 3.11. The second-order valence-electron chi connectivity index (χ2n) is 7.08. The van der Waals surface area contributed by atoms with Crippen LogP contribution in [-0.4, -0.2) is 65.6 Å². The Morgan fingerprint density at radius 2 is 2.21 bits per heavy atom. The zero-order chi connectivity index (χ0) is 20.6. The van der Waals surface area contributed by atoms with Gasteiger partial charge in [-0.05, 0) is 52.8 Å². The number of fused-ring (bicyclic) bond motifs is 1. The molecule has 1 aliphatic carbocycles. The molecule has 0 fully saturated rings. The summed E-state index contributed by atoms with van der Waals surface area (Å²) in [5.74, 6) is 0.222. The molecule has 2 aromatic heterocycles. The lowest BCUT2D eigenvalue weighted by Crippen LogP contribution is -2.19. The molecule has 0 spiro atoms. The number of ether oxygens (including phenoxy) is 1. The maximum Gasteiger partial charge on any atom is 0.276 e. The number of nitrogens with zero attached hydrogens (tertiary/aromatic N) is 4. The van der Waals surface area contributed by atoms with E-state index in [1.807, 2.05) is 21.0 Å². The Morgan fingerprint density at radius 3 is 2.93 bits per heavy atom. The SMILES string of the molecule is CCO/N=C1\CCCc2[nH]nc(C(=O)Nc3ccc(OCCCN(C)C)nc3)c21. The Kier molecular flexibility index (Phi) is 7.18. The van der Waals surface area contributed by atoms with Crippen LogP contribution in [0.3, 0.4) is 0 Å². The first-order chi connectivity index (χ1) is 14.1. The molecule has 0 bridgehead atoms. The number of carbonyl (C=O) groups is 1. The third-order valence-electron chi connectivity index (χ3n) is 4.48. The van der Waals surface area contributed by atoms with E-state index in [-0.39, 0.29) is 5.91 Å². The lowest BCUT2D eigenvalue weighted by molar-refractivity contribution is 0.102. The highest BCUT2D eigenvalue weighted by Crippen LogP contribution is 2.24. The van der Waals surface area contributed by atoms with Gasteiger partial charge in [0.2, 0.25) is 5.88 Å². The average Bonchev–Trinajstić information content (AvgIpc) is 3.15. The number of aryl methyl sites for hydroxylation is 1. The monoisotopic (exact) mass is 400 g/mol. The first-order valence-corrected chi connectivity index (χ1v) is 9.90. The van der Waals surface area contributed by atoms with Crippen LogP contribution in [0.2, 0.25) is 0 Å². The van der Waals surface area contributed by atoms with E-state index in [9.17, 15) is 4.79 Å². The number of oxime groups is 1. The van der Waals surface area contributed by atoms with E-state index < -0.39 is 0 Å². The lowest BCUT2D eigenvalue weighted by atomic mass is 9.93. The Balaban J connectivity index is 1.63. The lowest BCUT2D eigenvalue weighted by Gasteiger charge is -2.14. The number of anilines is 1. The number of hydrogen-bond acceptors (Lipinski definition) is 7. The molecule has 3 rings (SSSR count). The van der Waals surface area contributed by atoms with Crippen LogP contribution < -0.4 is 10.1 Å². The highest BCUT2D eigenvalue weighted by Gasteiger charge is 2.27. The van der Waals surface area contributed by atoms with Gasteiger partial charge in [-0.1, -0.05) is 5.16 Å². The van der Waals surface area contributed by atoms with Crippen LogP contribution in [0.15, 0.2) is 23.5 Å². The smallest absolute Gasteiger partial charge is 0.276 e. The summed E-state index contributed by atoms with van der Waals surface area (Å²) in [6, 6.07) is 3.51. The Labute approximate surface area is 170 Å². The van der Waals surface area contributed by atoms with E-state index in [0.717, 1.165) is 49.2 Å². The van der Waals surface area contributed by atoms with E-state index in [4.69, 9.17) is 9.57 Å². The van der Waals surface area contributed by atoms with E-state index in [0.29, 0.717) is 30.5 Å². The molecule has 0 atom stereocenters. The third kappa shape index (κ3) is 5.54. The first kappa shape index (κ1) is 20.8. The third-order valence-corrected chi connectivity index (χ3v) is 4.48. The Hall–Kier alpha value is -2.94. The number of amides is 1. The fourth-order valence-corrected chi connectivity index (χ4v) is 3.11. The number of aromatic nitrogens is 3. The molecule has 0 aliphatic heterocycles. The first-order valence-electron chi connectivity index (χ1n) is 9.90. The number of H-pyrrole nitrogens is 1. The van der Waals surface area contributed by atoms with E-state index in [1.165, 1.54) is 0 Å². The van der Waals surface area contributed by atoms with Crippen LogP contribution in [0.5, 0.6) is 5.88 Å². The highest BCUT2D eigenvalue weighted by molar-refractivity contribution is 6.13. The van der Waals surface area contributed by atoms with Gasteiger partial charge in [0.15, 0.2) is 5.69 Å². The van der Waals surface area contributed by atoms with Gasteiger partial charge in [-0.3, -0.25) is 9.89 Å². The quantitative estimate of drug-likeness (QED) is 0.495. The molecular formula is C20H28N6O3. The summed E-state index contributed by atoms with van der Waals surface area (Å²) in [5.41, 5.74) is 3.32. The van der Waals surface area contributed by atoms with Gasteiger partial charge in [0.05, 0.1) is 29.8 Å². The van der Waals surface area contributed by atoms with Crippen molar-refractivity contribution in [2.24, 2.45) is 5.16 Å². The fraction of sp³-hybridized carbons (Fsp3) is 0.500. The molecule has 2 aromatic rings. The number of hydrogen-bond donors (Lipinski definition) is 2. The Morgan fingerprint density at radius 1 is 1.34 bits per heavy atom. The molecule has 29 heavy (non-hydrogen) atoms. The topological polar surface area (TPSA) is 105 Å². The minimum Gasteiger partial charge on any atom is -0.478 e. The largest absolute Gasteiger partial charge is 0.478 e. The molecule has 2 N–H and O–H groups in total. The minimum absolute atomic E-state index is 0.310. The molecule has 1 aliphatic rings. The summed E-state index contributed by atoms with van der Waals surface area (Å²) in [5, 5.41) is 14.2. The zero-order valence-corrected chi connectivity index (χ0v) is 17.2. The van der Waals surface area contributed by atoms with Crippen molar-refractivity contribution >= 4 is 17.3 Å². The van der Waals surface area contributed by atoms with Gasteiger partial charge in [0.1, 0.15) is 6.61 Å². The summed E-state index contributed by atoms with van der Waals surface area (Å²) in [6.45, 7) is 3.90. The van der Waals surface area contributed by atoms with Gasteiger partial charge in [-0.25, -0.2) is 4.98 Å². The van der Waals surface area contributed by atoms with Crippen molar-refractivity contribution in [3.8, 4) is 5.88 Å². The molecule has 0 radical (unpaired) electrons. The molecular weight excluding hydrogens is 372 g/mol. The summed E-state index contributed by atoms with van der Waals surface area (Å²) in [7, 11) is 4.05. The maximum atomic E-state index is 12.8. The molecule has 9 nitrogen and oxygen atoms in total. The molecule has 0 unspecified atom stereocenters.